The molecule has 0 amide bonds. The second-order valence-electron chi connectivity index (χ2n) is 39.8. The molecule has 0 heterocycles. The molecular weight excluding hydrogens is 1100 g/mol. The summed E-state index contributed by atoms with van der Waals surface area (Å²) in [5.74, 6) is 14.1. The SMILES string of the molecule is C.C.C.C[C@H](CCC(C)(C)O)[C@H]1CC[C@H]2[C@@H]3CC=C4C[C@@](C)(O)CC[C@]4(C)[C@H]3CC[C@]12C.C[C@H](CCC(C)(C)O)[C@H]1CC[C@H]2[C@@H]3CC[C@@H]4C[C@@](C)(O)CC[C@]4(C)[C@H]3CC[C@]12C.C[C@H](CCC(C)(C)O)[C@H]1CC[C@H]2[C@@H]3CC[C@H]4C[C@@](C)(O)CC[C@]4(C)[C@H]3CC[C@]12C. The van der Waals surface area contributed by atoms with E-state index in [1.807, 2.05) is 48.5 Å². The summed E-state index contributed by atoms with van der Waals surface area (Å²) in [5.41, 5.74) is 1.44. The van der Waals surface area contributed by atoms with E-state index in [4.69, 9.17) is 0 Å². The summed E-state index contributed by atoms with van der Waals surface area (Å²) in [6, 6.07) is 0. The summed E-state index contributed by atoms with van der Waals surface area (Å²) in [4.78, 5) is 0. The van der Waals surface area contributed by atoms with Crippen LogP contribution in [0.4, 0.5) is 0 Å². The summed E-state index contributed by atoms with van der Waals surface area (Å²) in [6.07, 6.45) is 42.1. The van der Waals surface area contributed by atoms with E-state index in [1.54, 1.807) is 5.57 Å². The van der Waals surface area contributed by atoms with Crippen molar-refractivity contribution in [1.29, 1.82) is 0 Å². The largest absolute Gasteiger partial charge is 0.390 e. The van der Waals surface area contributed by atoms with E-state index >= 15 is 0 Å². The maximum Gasteiger partial charge on any atom is 0.0657 e. The topological polar surface area (TPSA) is 121 Å². The Hall–Kier alpha value is -0.500. The molecule has 90 heavy (non-hydrogen) atoms. The number of hydrogen-bond donors (Lipinski definition) is 6. The van der Waals surface area contributed by atoms with Gasteiger partial charge in [-0.1, -0.05) is 96.2 Å². The molecule has 0 spiro atoms. The van der Waals surface area contributed by atoms with E-state index in [9.17, 15) is 30.6 Å². The molecule has 12 aliphatic rings. The Morgan fingerprint density at radius 1 is 0.378 bits per heavy atom. The number of allylic oxidation sites excluding steroid dienone is 1. The smallest absolute Gasteiger partial charge is 0.0657 e. The maximum atomic E-state index is 10.7. The number of hydrogen-bond acceptors (Lipinski definition) is 6. The predicted octanol–water partition coefficient (Wildman–Crippen LogP) is 21.6. The van der Waals surface area contributed by atoms with Gasteiger partial charge in [-0.2, -0.15) is 0 Å². The van der Waals surface area contributed by atoms with Gasteiger partial charge in [0.25, 0.3) is 0 Å². The number of aliphatic hydroxyl groups is 6. The van der Waals surface area contributed by atoms with Gasteiger partial charge in [0.1, 0.15) is 0 Å². The fraction of sp³-hybridized carbons (Fsp3) is 0.976. The minimum absolute atomic E-state index is 0. The van der Waals surface area contributed by atoms with Gasteiger partial charge in [-0.15, -0.1) is 0 Å². The first kappa shape index (κ1) is 76.9. The molecule has 26 atom stereocenters. The fourth-order valence-corrected chi connectivity index (χ4v) is 26.9. The normalized spacial score (nSPS) is 48.5. The highest BCUT2D eigenvalue weighted by molar-refractivity contribution is 5.27. The molecule has 0 saturated heterocycles. The molecule has 0 radical (unpaired) electrons. The second kappa shape index (κ2) is 27.0. The van der Waals surface area contributed by atoms with Crippen molar-refractivity contribution in [2.24, 2.45) is 133 Å². The molecule has 0 unspecified atom stereocenters. The zero-order valence-electron chi connectivity index (χ0n) is 60.2. The molecule has 6 nitrogen and oxygen atoms in total. The Balaban J connectivity index is 0.000000189. The van der Waals surface area contributed by atoms with Crippen LogP contribution in [0.25, 0.3) is 0 Å². The lowest BCUT2D eigenvalue weighted by molar-refractivity contribution is -0.148. The lowest BCUT2D eigenvalue weighted by Crippen LogP contribution is -2.55. The third kappa shape index (κ3) is 14.9. The van der Waals surface area contributed by atoms with Crippen molar-refractivity contribution >= 4 is 0 Å². The Kier molecular flexibility index (Phi) is 23.0. The first-order chi connectivity index (χ1) is 40.1. The highest BCUT2D eigenvalue weighted by Gasteiger charge is 2.65. The molecule has 0 aromatic rings. The van der Waals surface area contributed by atoms with Gasteiger partial charge in [-0.05, 0) is 401 Å². The van der Waals surface area contributed by atoms with Crippen LogP contribution < -0.4 is 0 Å². The molecular formula is C84H154O6. The minimum atomic E-state index is -0.536. The van der Waals surface area contributed by atoms with E-state index in [0.717, 1.165) is 159 Å². The first-order valence-electron chi connectivity index (χ1n) is 38.1. The standard InChI is InChI=1S/2C27H48O2.C27H46O2.3CH4/c3*1-18(11-13-24(2,3)28)21-9-10-22-20-8-7-19-17-25(4,29)15-16-26(19,5)23(20)12-14-27(21,22)6;;;/h2*18-23,28-29H,7-17H2,1-6H3;7,18,20-23,28-29H,8-17H2,1-6H3;3*1H4/t18-,19+,20+,21-,22+,23+,25+,26+,27-;18-,19-,20+,21-,22+,23+,25+,26+,27-;18-,20+,21-,22+,23+,25+,26+,27-;;;/m111.../s1. The minimum Gasteiger partial charge on any atom is -0.390 e. The molecule has 526 valence electrons. The zero-order valence-corrected chi connectivity index (χ0v) is 60.2. The Morgan fingerprint density at radius 2 is 0.700 bits per heavy atom. The molecule has 0 aliphatic heterocycles. The Labute approximate surface area is 558 Å². The predicted molar refractivity (Wildman–Crippen MR) is 382 cm³/mol. The monoisotopic (exact) mass is 1260 g/mol. The van der Waals surface area contributed by atoms with Gasteiger partial charge in [-0.3, -0.25) is 0 Å². The summed E-state index contributed by atoms with van der Waals surface area (Å²) >= 11 is 0. The van der Waals surface area contributed by atoms with Gasteiger partial charge in [0, 0.05) is 0 Å². The summed E-state index contributed by atoms with van der Waals surface area (Å²) in [6.45, 7) is 41.0. The van der Waals surface area contributed by atoms with Crippen molar-refractivity contribution < 1.29 is 30.6 Å². The van der Waals surface area contributed by atoms with E-state index in [1.165, 1.54) is 141 Å². The van der Waals surface area contributed by atoms with Gasteiger partial charge in [0.05, 0.1) is 33.6 Å². The zero-order chi connectivity index (χ0) is 63.7. The highest BCUT2D eigenvalue weighted by atomic mass is 16.3. The Morgan fingerprint density at radius 3 is 1.06 bits per heavy atom. The van der Waals surface area contributed by atoms with Crippen molar-refractivity contribution in [3.8, 4) is 0 Å². The van der Waals surface area contributed by atoms with Gasteiger partial charge < -0.3 is 30.6 Å². The maximum absolute atomic E-state index is 10.7. The van der Waals surface area contributed by atoms with Crippen LogP contribution in [0.15, 0.2) is 11.6 Å². The highest BCUT2D eigenvalue weighted by Crippen LogP contribution is 2.72. The number of rotatable bonds is 12. The summed E-state index contributed by atoms with van der Waals surface area (Å²) in [7, 11) is 0. The molecule has 0 bridgehead atoms. The Bertz CT molecular complexity index is 2270. The first-order valence-corrected chi connectivity index (χ1v) is 38.1. The van der Waals surface area contributed by atoms with E-state index < -0.39 is 33.6 Å². The third-order valence-electron chi connectivity index (χ3n) is 32.2. The molecule has 11 saturated carbocycles. The average Bonchev–Trinajstić information content (AvgIpc) is 1.26. The lowest BCUT2D eigenvalue weighted by atomic mass is 9.43. The van der Waals surface area contributed by atoms with Gasteiger partial charge in [-0.25, -0.2) is 0 Å². The van der Waals surface area contributed by atoms with E-state index in [2.05, 4.69) is 82.2 Å². The van der Waals surface area contributed by atoms with Gasteiger partial charge in [0.2, 0.25) is 0 Å². The quantitative estimate of drug-likeness (QED) is 0.108. The van der Waals surface area contributed by atoms with Crippen LogP contribution in [0, 0.1) is 133 Å². The van der Waals surface area contributed by atoms with Crippen molar-refractivity contribution in [3.63, 3.8) is 0 Å². The van der Waals surface area contributed by atoms with Crippen LogP contribution in [-0.2, 0) is 0 Å². The van der Waals surface area contributed by atoms with Crippen molar-refractivity contribution in [3.05, 3.63) is 11.6 Å². The van der Waals surface area contributed by atoms with Gasteiger partial charge in [0.15, 0.2) is 0 Å². The van der Waals surface area contributed by atoms with Crippen LogP contribution in [0.3, 0.4) is 0 Å². The van der Waals surface area contributed by atoms with Crippen molar-refractivity contribution in [1.82, 2.24) is 0 Å². The van der Waals surface area contributed by atoms with Gasteiger partial charge >= 0.3 is 0 Å². The van der Waals surface area contributed by atoms with Crippen LogP contribution in [0.5, 0.6) is 0 Å². The van der Waals surface area contributed by atoms with Crippen LogP contribution in [0.1, 0.15) is 352 Å². The second-order valence-corrected chi connectivity index (χ2v) is 39.8. The lowest BCUT2D eigenvalue weighted by Gasteiger charge is -2.62. The van der Waals surface area contributed by atoms with Crippen LogP contribution in [0.2, 0.25) is 0 Å². The third-order valence-corrected chi connectivity index (χ3v) is 32.2. The molecule has 12 aliphatic carbocycles. The molecule has 0 aromatic carbocycles. The van der Waals surface area contributed by atoms with Crippen molar-refractivity contribution in [2.45, 2.75) is 386 Å². The molecule has 12 rings (SSSR count). The molecule has 6 heteroatoms. The molecule has 6 N–H and O–H groups in total. The fourth-order valence-electron chi connectivity index (χ4n) is 26.9. The van der Waals surface area contributed by atoms with Crippen LogP contribution >= 0.6 is 0 Å². The average molecular weight is 1260 g/mol. The van der Waals surface area contributed by atoms with E-state index in [-0.39, 0.29) is 22.3 Å². The summed E-state index contributed by atoms with van der Waals surface area (Å²) < 4.78 is 0. The summed E-state index contributed by atoms with van der Waals surface area (Å²) in [5, 5.41) is 62.7. The number of fused-ring (bicyclic) bond motifs is 15. The van der Waals surface area contributed by atoms with Crippen molar-refractivity contribution in [2.75, 3.05) is 0 Å². The van der Waals surface area contributed by atoms with Crippen LogP contribution in [-0.4, -0.2) is 64.2 Å². The molecule has 11 fully saturated rings. The molecule has 0 aromatic heterocycles. The van der Waals surface area contributed by atoms with E-state index in [0.29, 0.717) is 38.4 Å².